The van der Waals surface area contributed by atoms with Gasteiger partial charge in [-0.2, -0.15) is 0 Å². The summed E-state index contributed by atoms with van der Waals surface area (Å²) in [5, 5.41) is 9.01. The molecule has 4 heteroatoms. The van der Waals surface area contributed by atoms with Crippen LogP contribution in [0.4, 0.5) is 5.69 Å². The molecule has 116 valence electrons. The van der Waals surface area contributed by atoms with E-state index in [4.69, 9.17) is 10.8 Å². The number of nitrogens with two attached hydrogens (primary N) is 1. The number of rotatable bonds is 7. The molecule has 21 heavy (non-hydrogen) atoms. The van der Waals surface area contributed by atoms with Crippen molar-refractivity contribution < 1.29 is 9.90 Å². The van der Waals surface area contributed by atoms with Crippen LogP contribution in [0.15, 0.2) is 24.3 Å². The molecule has 0 radical (unpaired) electrons. The molecular weight excluding hydrogens is 264 g/mol. The number of carbonyl (C=O) groups excluding carboxylic acids is 1. The molecule has 0 aliphatic heterocycles. The van der Waals surface area contributed by atoms with Crippen molar-refractivity contribution in [2.75, 3.05) is 18.9 Å². The second-order valence-electron chi connectivity index (χ2n) is 6.02. The third-order valence-corrected chi connectivity index (χ3v) is 4.38. The number of nitrogens with zero attached hydrogens (tertiary/aromatic N) is 1. The van der Waals surface area contributed by atoms with E-state index >= 15 is 0 Å². The molecule has 1 amide bonds. The van der Waals surface area contributed by atoms with Crippen LogP contribution in [0.3, 0.4) is 0 Å². The largest absolute Gasteiger partial charge is 0.399 e. The molecule has 4 nitrogen and oxygen atoms in total. The van der Waals surface area contributed by atoms with Crippen molar-refractivity contribution in [2.24, 2.45) is 0 Å². The number of carbonyl (C=O) groups is 1. The summed E-state index contributed by atoms with van der Waals surface area (Å²) in [5.41, 5.74) is 7.59. The van der Waals surface area contributed by atoms with Crippen molar-refractivity contribution >= 4 is 11.6 Å². The monoisotopic (exact) mass is 290 g/mol. The van der Waals surface area contributed by atoms with E-state index in [0.717, 1.165) is 24.1 Å². The second-order valence-corrected chi connectivity index (χ2v) is 6.02. The minimum atomic E-state index is 0.143. The predicted molar refractivity (Wildman–Crippen MR) is 84.9 cm³/mol. The van der Waals surface area contributed by atoms with Crippen molar-refractivity contribution in [3.05, 3.63) is 29.8 Å². The minimum Gasteiger partial charge on any atom is -0.399 e. The predicted octanol–water partition coefficient (Wildman–Crippen LogP) is 2.53. The van der Waals surface area contributed by atoms with Crippen LogP contribution in [-0.4, -0.2) is 35.1 Å². The number of hydrogen-bond donors (Lipinski definition) is 2. The number of aliphatic hydroxyl groups is 1. The van der Waals surface area contributed by atoms with Gasteiger partial charge in [0, 0.05) is 31.3 Å². The number of nitrogen functional groups attached to an aromatic ring is 1. The lowest BCUT2D eigenvalue weighted by Crippen LogP contribution is -2.45. The number of benzene rings is 1. The molecule has 1 unspecified atom stereocenters. The van der Waals surface area contributed by atoms with E-state index in [1.807, 2.05) is 29.2 Å². The van der Waals surface area contributed by atoms with Crippen LogP contribution < -0.4 is 5.73 Å². The molecule has 0 heterocycles. The summed E-state index contributed by atoms with van der Waals surface area (Å²) >= 11 is 0. The topological polar surface area (TPSA) is 66.6 Å². The van der Waals surface area contributed by atoms with E-state index in [9.17, 15) is 4.79 Å². The zero-order valence-corrected chi connectivity index (χ0v) is 12.8. The maximum atomic E-state index is 12.6. The summed E-state index contributed by atoms with van der Waals surface area (Å²) in [4.78, 5) is 14.5. The molecule has 1 aromatic carbocycles. The summed E-state index contributed by atoms with van der Waals surface area (Å²) in [7, 11) is 0. The molecule has 1 aromatic rings. The Balaban J connectivity index is 1.95. The summed E-state index contributed by atoms with van der Waals surface area (Å²) in [6.45, 7) is 2.90. The maximum Gasteiger partial charge on any atom is 0.223 e. The molecular formula is C17H26N2O2. The quantitative estimate of drug-likeness (QED) is 0.758. The van der Waals surface area contributed by atoms with E-state index < -0.39 is 0 Å². The zero-order valence-electron chi connectivity index (χ0n) is 12.8. The molecule has 1 aliphatic rings. The normalized spacial score (nSPS) is 16.3. The van der Waals surface area contributed by atoms with E-state index in [0.29, 0.717) is 25.4 Å². The molecule has 0 bridgehead atoms. The smallest absolute Gasteiger partial charge is 0.223 e. The van der Waals surface area contributed by atoms with Gasteiger partial charge in [0.15, 0.2) is 0 Å². The molecule has 0 saturated heterocycles. The molecule has 1 fully saturated rings. The number of anilines is 1. The van der Waals surface area contributed by atoms with Gasteiger partial charge in [-0.1, -0.05) is 19.1 Å². The van der Waals surface area contributed by atoms with Gasteiger partial charge < -0.3 is 15.7 Å². The molecule has 0 spiro atoms. The lowest BCUT2D eigenvalue weighted by molar-refractivity contribution is -0.135. The summed E-state index contributed by atoms with van der Waals surface area (Å²) in [6.07, 6.45) is 4.60. The van der Waals surface area contributed by atoms with Gasteiger partial charge in [-0.15, -0.1) is 0 Å². The van der Waals surface area contributed by atoms with Gasteiger partial charge in [-0.3, -0.25) is 4.79 Å². The Hall–Kier alpha value is -1.55. The Morgan fingerprint density at radius 2 is 2.05 bits per heavy atom. The first kappa shape index (κ1) is 15.8. The lowest BCUT2D eigenvalue weighted by atomic mass is 9.90. The maximum absolute atomic E-state index is 12.6. The highest BCUT2D eigenvalue weighted by Crippen LogP contribution is 2.28. The Bertz CT molecular complexity index is 454. The first-order valence-corrected chi connectivity index (χ1v) is 7.87. The molecule has 1 aliphatic carbocycles. The first-order valence-electron chi connectivity index (χ1n) is 7.87. The Morgan fingerprint density at radius 3 is 2.57 bits per heavy atom. The third kappa shape index (κ3) is 4.21. The Labute approximate surface area is 126 Å². The highest BCUT2D eigenvalue weighted by atomic mass is 16.3. The average Bonchev–Trinajstić information content (AvgIpc) is 2.41. The molecule has 1 atom stereocenters. The molecule has 2 rings (SSSR count). The van der Waals surface area contributed by atoms with Gasteiger partial charge in [0.2, 0.25) is 5.91 Å². The first-order chi connectivity index (χ1) is 10.1. The van der Waals surface area contributed by atoms with Crippen LogP contribution in [0, 0.1) is 0 Å². The van der Waals surface area contributed by atoms with Gasteiger partial charge >= 0.3 is 0 Å². The fourth-order valence-electron chi connectivity index (χ4n) is 2.77. The van der Waals surface area contributed by atoms with Crippen molar-refractivity contribution in [2.45, 2.75) is 51.0 Å². The van der Waals surface area contributed by atoms with Crippen LogP contribution >= 0.6 is 0 Å². The SMILES string of the molecule is CC(CC(=O)N(CCCO)C1CCC1)c1ccc(N)cc1. The van der Waals surface area contributed by atoms with E-state index in [-0.39, 0.29) is 18.4 Å². The van der Waals surface area contributed by atoms with Gasteiger partial charge in [-0.25, -0.2) is 0 Å². The number of amides is 1. The van der Waals surface area contributed by atoms with E-state index in [1.54, 1.807) is 0 Å². The van der Waals surface area contributed by atoms with Crippen LogP contribution in [0.5, 0.6) is 0 Å². The fourth-order valence-corrected chi connectivity index (χ4v) is 2.77. The fraction of sp³-hybridized carbons (Fsp3) is 0.588. The average molecular weight is 290 g/mol. The standard InChI is InChI=1S/C17H26N2O2/c1-13(14-6-8-15(18)9-7-14)12-17(21)19(10-3-11-20)16-4-2-5-16/h6-9,13,16,20H,2-5,10-12,18H2,1H3. The minimum absolute atomic E-state index is 0.143. The number of hydrogen-bond acceptors (Lipinski definition) is 3. The van der Waals surface area contributed by atoms with Gasteiger partial charge in [0.1, 0.15) is 0 Å². The molecule has 3 N–H and O–H groups in total. The number of aliphatic hydroxyl groups excluding tert-OH is 1. The molecule has 1 saturated carbocycles. The van der Waals surface area contributed by atoms with Crippen LogP contribution in [0.2, 0.25) is 0 Å². The van der Waals surface area contributed by atoms with Crippen LogP contribution in [-0.2, 0) is 4.79 Å². The van der Waals surface area contributed by atoms with Crippen molar-refractivity contribution in [3.63, 3.8) is 0 Å². The highest BCUT2D eigenvalue weighted by Gasteiger charge is 2.29. The lowest BCUT2D eigenvalue weighted by Gasteiger charge is -2.38. The second kappa shape index (κ2) is 7.46. The summed E-state index contributed by atoms with van der Waals surface area (Å²) in [6, 6.07) is 8.14. The molecule has 0 aromatic heterocycles. The zero-order chi connectivity index (χ0) is 15.2. The highest BCUT2D eigenvalue weighted by molar-refractivity contribution is 5.77. The van der Waals surface area contributed by atoms with Gasteiger partial charge in [-0.05, 0) is 49.3 Å². The van der Waals surface area contributed by atoms with Crippen molar-refractivity contribution in [1.82, 2.24) is 4.90 Å². The van der Waals surface area contributed by atoms with Crippen molar-refractivity contribution in [3.8, 4) is 0 Å². The van der Waals surface area contributed by atoms with Crippen LogP contribution in [0.1, 0.15) is 50.5 Å². The Kier molecular flexibility index (Phi) is 5.62. The van der Waals surface area contributed by atoms with E-state index in [1.165, 1.54) is 6.42 Å². The summed E-state index contributed by atoms with van der Waals surface area (Å²) in [5.74, 6) is 0.396. The Morgan fingerprint density at radius 1 is 1.38 bits per heavy atom. The van der Waals surface area contributed by atoms with E-state index in [2.05, 4.69) is 6.92 Å². The summed E-state index contributed by atoms with van der Waals surface area (Å²) < 4.78 is 0. The third-order valence-electron chi connectivity index (χ3n) is 4.38. The van der Waals surface area contributed by atoms with Gasteiger partial charge in [0.25, 0.3) is 0 Å². The van der Waals surface area contributed by atoms with Crippen molar-refractivity contribution in [1.29, 1.82) is 0 Å². The van der Waals surface area contributed by atoms with Crippen LogP contribution in [0.25, 0.3) is 0 Å². The van der Waals surface area contributed by atoms with Gasteiger partial charge in [0.05, 0.1) is 0 Å².